The second-order valence-corrected chi connectivity index (χ2v) is 7.36. The van der Waals surface area contributed by atoms with Gasteiger partial charge in [0.2, 0.25) is 0 Å². The summed E-state index contributed by atoms with van der Waals surface area (Å²) in [7, 11) is 0. The molecule has 1 fully saturated rings. The van der Waals surface area contributed by atoms with Crippen LogP contribution in [-0.2, 0) is 13.1 Å². The molecule has 0 spiro atoms. The number of hydrogen-bond acceptors (Lipinski definition) is 3. The van der Waals surface area contributed by atoms with E-state index in [1.807, 2.05) is 11.3 Å². The molecule has 1 saturated heterocycles. The minimum atomic E-state index is 0.566. The number of nitrogens with zero attached hydrogens (tertiary/aromatic N) is 1. The molecule has 1 aromatic rings. The molecular weight excluding hydrogens is 252 g/mol. The summed E-state index contributed by atoms with van der Waals surface area (Å²) in [6.07, 6.45) is 5.60. The average Bonchev–Trinajstić information content (AvgIpc) is 2.57. The first-order valence-corrected chi connectivity index (χ1v) is 8.50. The van der Waals surface area contributed by atoms with Crippen LogP contribution in [0.4, 0.5) is 0 Å². The highest BCUT2D eigenvalue weighted by atomic mass is 32.1. The van der Waals surface area contributed by atoms with Crippen molar-refractivity contribution in [2.24, 2.45) is 0 Å². The molecule has 19 heavy (non-hydrogen) atoms. The van der Waals surface area contributed by atoms with Gasteiger partial charge in [0, 0.05) is 28.9 Å². The quantitative estimate of drug-likeness (QED) is 0.879. The van der Waals surface area contributed by atoms with Crippen molar-refractivity contribution in [3.05, 3.63) is 21.4 Å². The summed E-state index contributed by atoms with van der Waals surface area (Å²) in [6.45, 7) is 11.4. The number of hydrogen-bond donors (Lipinski definition) is 1. The number of likely N-dealkylation sites (tertiary alicyclic amines) is 1. The van der Waals surface area contributed by atoms with Crippen molar-refractivity contribution in [1.82, 2.24) is 10.2 Å². The fraction of sp³-hybridized carbons (Fsp3) is 0.750. The molecule has 108 valence electrons. The topological polar surface area (TPSA) is 15.3 Å². The highest BCUT2D eigenvalue weighted by molar-refractivity contribution is 7.12. The molecule has 2 heterocycles. The fourth-order valence-corrected chi connectivity index (χ4v) is 3.68. The van der Waals surface area contributed by atoms with Crippen LogP contribution in [0.5, 0.6) is 0 Å². The van der Waals surface area contributed by atoms with Gasteiger partial charge in [-0.05, 0) is 44.5 Å². The third-order valence-electron chi connectivity index (χ3n) is 3.85. The summed E-state index contributed by atoms with van der Waals surface area (Å²) in [4.78, 5) is 5.63. The van der Waals surface area contributed by atoms with Crippen LogP contribution in [0.15, 0.2) is 6.07 Å². The molecule has 0 radical (unpaired) electrons. The van der Waals surface area contributed by atoms with Crippen LogP contribution < -0.4 is 5.32 Å². The summed E-state index contributed by atoms with van der Waals surface area (Å²) >= 11 is 1.96. The number of nitrogens with one attached hydrogen (secondary N) is 1. The van der Waals surface area contributed by atoms with Gasteiger partial charge in [0.25, 0.3) is 0 Å². The third-order valence-corrected chi connectivity index (χ3v) is 4.94. The van der Waals surface area contributed by atoms with E-state index in [1.54, 1.807) is 5.56 Å². The first kappa shape index (κ1) is 15.0. The largest absolute Gasteiger partial charge is 0.310 e. The summed E-state index contributed by atoms with van der Waals surface area (Å²) in [5.41, 5.74) is 1.55. The number of rotatable bonds is 5. The molecule has 0 unspecified atom stereocenters. The van der Waals surface area contributed by atoms with Gasteiger partial charge in [0.15, 0.2) is 0 Å². The lowest BCUT2D eigenvalue weighted by atomic mass is 10.2. The molecule has 1 N–H and O–H groups in total. The minimum absolute atomic E-state index is 0.566. The molecule has 1 aliphatic rings. The Morgan fingerprint density at radius 1 is 1.21 bits per heavy atom. The van der Waals surface area contributed by atoms with Crippen LogP contribution in [0.25, 0.3) is 0 Å². The molecule has 0 aliphatic carbocycles. The third kappa shape index (κ3) is 4.90. The molecule has 0 amide bonds. The fourth-order valence-electron chi connectivity index (χ4n) is 2.67. The lowest BCUT2D eigenvalue weighted by Gasteiger charge is -2.19. The molecule has 2 rings (SSSR count). The van der Waals surface area contributed by atoms with Gasteiger partial charge in [0.05, 0.1) is 0 Å². The maximum atomic E-state index is 3.51. The van der Waals surface area contributed by atoms with E-state index in [4.69, 9.17) is 0 Å². The molecule has 2 nitrogen and oxygen atoms in total. The molecule has 1 aliphatic heterocycles. The van der Waals surface area contributed by atoms with Gasteiger partial charge in [-0.2, -0.15) is 0 Å². The van der Waals surface area contributed by atoms with Crippen LogP contribution in [-0.4, -0.2) is 24.0 Å². The summed E-state index contributed by atoms with van der Waals surface area (Å²) in [5, 5.41) is 3.51. The highest BCUT2D eigenvalue weighted by Gasteiger charge is 2.12. The van der Waals surface area contributed by atoms with Crippen LogP contribution in [0.3, 0.4) is 0 Å². The normalized spacial score (nSPS) is 17.9. The van der Waals surface area contributed by atoms with E-state index < -0.39 is 0 Å². The molecule has 0 bridgehead atoms. The van der Waals surface area contributed by atoms with Crippen LogP contribution >= 0.6 is 11.3 Å². The summed E-state index contributed by atoms with van der Waals surface area (Å²) < 4.78 is 0. The Morgan fingerprint density at radius 3 is 2.53 bits per heavy atom. The number of thiophene rings is 1. The van der Waals surface area contributed by atoms with E-state index in [0.29, 0.717) is 6.04 Å². The van der Waals surface area contributed by atoms with E-state index in [1.165, 1.54) is 48.5 Å². The Kier molecular flexibility index (Phi) is 5.86. The van der Waals surface area contributed by atoms with E-state index in [9.17, 15) is 0 Å². The zero-order valence-electron chi connectivity index (χ0n) is 12.7. The molecule has 3 heteroatoms. The van der Waals surface area contributed by atoms with Crippen molar-refractivity contribution in [2.45, 2.75) is 65.6 Å². The van der Waals surface area contributed by atoms with Gasteiger partial charge in [-0.1, -0.05) is 26.7 Å². The zero-order chi connectivity index (χ0) is 13.7. The van der Waals surface area contributed by atoms with Gasteiger partial charge in [-0.15, -0.1) is 11.3 Å². The van der Waals surface area contributed by atoms with Crippen molar-refractivity contribution >= 4 is 11.3 Å². The van der Waals surface area contributed by atoms with E-state index in [2.05, 4.69) is 37.1 Å². The van der Waals surface area contributed by atoms with Gasteiger partial charge in [-0.3, -0.25) is 4.90 Å². The maximum Gasteiger partial charge on any atom is 0.0302 e. The molecule has 1 aromatic heterocycles. The van der Waals surface area contributed by atoms with Gasteiger partial charge in [-0.25, -0.2) is 0 Å². The predicted octanol–water partition coefficient (Wildman–Crippen LogP) is 3.93. The SMILES string of the molecule is Cc1sc(CNC(C)C)cc1CN1CCCCCC1. The Morgan fingerprint density at radius 2 is 1.89 bits per heavy atom. The smallest absolute Gasteiger partial charge is 0.0302 e. The first-order valence-electron chi connectivity index (χ1n) is 7.69. The number of aryl methyl sites for hydroxylation is 1. The Balaban J connectivity index is 1.91. The second kappa shape index (κ2) is 7.41. The predicted molar refractivity (Wildman–Crippen MR) is 84.8 cm³/mol. The minimum Gasteiger partial charge on any atom is -0.310 e. The van der Waals surface area contributed by atoms with E-state index >= 15 is 0 Å². The van der Waals surface area contributed by atoms with Crippen LogP contribution in [0.1, 0.15) is 54.8 Å². The van der Waals surface area contributed by atoms with Crippen molar-refractivity contribution in [3.8, 4) is 0 Å². The lowest BCUT2D eigenvalue weighted by Crippen LogP contribution is -2.24. The van der Waals surface area contributed by atoms with Crippen molar-refractivity contribution in [2.75, 3.05) is 13.1 Å². The van der Waals surface area contributed by atoms with Crippen molar-refractivity contribution < 1.29 is 0 Å². The molecule has 0 aromatic carbocycles. The Bertz CT molecular complexity index is 376. The van der Waals surface area contributed by atoms with Gasteiger partial charge < -0.3 is 5.32 Å². The lowest BCUT2D eigenvalue weighted by molar-refractivity contribution is 0.277. The zero-order valence-corrected chi connectivity index (χ0v) is 13.5. The average molecular weight is 280 g/mol. The standard InChI is InChI=1S/C16H28N2S/c1-13(2)17-11-16-10-15(14(3)19-16)12-18-8-6-4-5-7-9-18/h10,13,17H,4-9,11-12H2,1-3H3. The van der Waals surface area contributed by atoms with Gasteiger partial charge >= 0.3 is 0 Å². The van der Waals surface area contributed by atoms with Crippen LogP contribution in [0.2, 0.25) is 0 Å². The molecule has 0 atom stereocenters. The first-order chi connectivity index (χ1) is 9.15. The van der Waals surface area contributed by atoms with Crippen LogP contribution in [0, 0.1) is 6.92 Å². The monoisotopic (exact) mass is 280 g/mol. The van der Waals surface area contributed by atoms with Crippen molar-refractivity contribution in [3.63, 3.8) is 0 Å². The van der Waals surface area contributed by atoms with E-state index in [0.717, 1.165) is 13.1 Å². The van der Waals surface area contributed by atoms with Crippen molar-refractivity contribution in [1.29, 1.82) is 0 Å². The maximum absolute atomic E-state index is 3.51. The molecular formula is C16H28N2S. The van der Waals surface area contributed by atoms with E-state index in [-0.39, 0.29) is 0 Å². The second-order valence-electron chi connectivity index (χ2n) is 6.02. The highest BCUT2D eigenvalue weighted by Crippen LogP contribution is 2.24. The molecule has 0 saturated carbocycles. The Hall–Kier alpha value is -0.380. The van der Waals surface area contributed by atoms with Gasteiger partial charge in [0.1, 0.15) is 0 Å². The summed E-state index contributed by atoms with van der Waals surface area (Å²) in [6, 6.07) is 2.98. The Labute approximate surface area is 122 Å². The summed E-state index contributed by atoms with van der Waals surface area (Å²) in [5.74, 6) is 0.